The van der Waals surface area contributed by atoms with Gasteiger partial charge in [0.1, 0.15) is 29.3 Å². The molecule has 2 heterocycles. The predicted octanol–water partition coefficient (Wildman–Crippen LogP) is 1.68. The average Bonchev–Trinajstić information content (AvgIpc) is 2.67. The third kappa shape index (κ3) is 3.27. The zero-order valence-corrected chi connectivity index (χ0v) is 15.9. The van der Waals surface area contributed by atoms with Gasteiger partial charge in [-0.1, -0.05) is 24.3 Å². The molecule has 2 aromatic rings. The number of nitrogen functional groups attached to an aromatic ring is 2. The molecule has 3 rings (SSSR count). The van der Waals surface area contributed by atoms with Gasteiger partial charge >= 0.3 is 0 Å². The van der Waals surface area contributed by atoms with Crippen LogP contribution in [-0.2, 0) is 0 Å². The molecule has 0 amide bonds. The molecule has 0 radical (unpaired) electrons. The molecule has 1 aromatic heterocycles. The van der Waals surface area contributed by atoms with Crippen LogP contribution < -0.4 is 22.1 Å². The Balaban J connectivity index is 2.20. The van der Waals surface area contributed by atoms with Crippen LogP contribution in [0.3, 0.4) is 0 Å². The fourth-order valence-electron chi connectivity index (χ4n) is 3.11. The lowest BCUT2D eigenvalue weighted by atomic mass is 9.93. The molecule has 28 heavy (non-hydrogen) atoms. The molecule has 0 fully saturated rings. The Bertz CT molecular complexity index is 1030. The Hall–Kier alpha value is -3.82. The highest BCUT2D eigenvalue weighted by atomic mass is 15.2. The van der Waals surface area contributed by atoms with Crippen molar-refractivity contribution in [1.29, 1.82) is 10.5 Å². The van der Waals surface area contributed by atoms with Crippen molar-refractivity contribution in [2.45, 2.75) is 19.0 Å². The van der Waals surface area contributed by atoms with Gasteiger partial charge in [0.25, 0.3) is 0 Å². The van der Waals surface area contributed by atoms with Crippen LogP contribution in [-0.4, -0.2) is 29.9 Å². The SMILES string of the molecule is CC(c1cccc(C2N=C(NC#N)Nc3nc(N)c(C#N)c(N)c32)c1)N(C)C. The number of hydrogen-bond donors (Lipinski definition) is 4. The first-order chi connectivity index (χ1) is 13.4. The predicted molar refractivity (Wildman–Crippen MR) is 108 cm³/mol. The van der Waals surface area contributed by atoms with Crippen LogP contribution in [0.25, 0.3) is 0 Å². The van der Waals surface area contributed by atoms with Crippen LogP contribution in [0.2, 0.25) is 0 Å². The summed E-state index contributed by atoms with van der Waals surface area (Å²) in [4.78, 5) is 11.0. The molecule has 2 unspecified atom stereocenters. The first-order valence-electron chi connectivity index (χ1n) is 8.62. The summed E-state index contributed by atoms with van der Waals surface area (Å²) in [6, 6.07) is 9.62. The molecule has 9 heteroatoms. The summed E-state index contributed by atoms with van der Waals surface area (Å²) in [5.74, 6) is 0.637. The van der Waals surface area contributed by atoms with Crippen LogP contribution in [0, 0.1) is 22.8 Å². The zero-order valence-electron chi connectivity index (χ0n) is 15.9. The van der Waals surface area contributed by atoms with E-state index in [9.17, 15) is 5.26 Å². The molecule has 0 spiro atoms. The van der Waals surface area contributed by atoms with E-state index in [1.54, 1.807) is 0 Å². The highest BCUT2D eigenvalue weighted by molar-refractivity contribution is 5.98. The van der Waals surface area contributed by atoms with Crippen molar-refractivity contribution in [3.05, 3.63) is 46.5 Å². The second-order valence-electron chi connectivity index (χ2n) is 6.71. The van der Waals surface area contributed by atoms with Gasteiger partial charge in [0.2, 0.25) is 5.96 Å². The van der Waals surface area contributed by atoms with E-state index in [4.69, 9.17) is 16.7 Å². The minimum absolute atomic E-state index is 0.0261. The van der Waals surface area contributed by atoms with Gasteiger partial charge in [0.15, 0.2) is 6.19 Å². The molecule has 0 bridgehead atoms. The van der Waals surface area contributed by atoms with Crippen LogP contribution >= 0.6 is 0 Å². The Morgan fingerprint density at radius 3 is 2.68 bits per heavy atom. The van der Waals surface area contributed by atoms with E-state index in [0.29, 0.717) is 11.4 Å². The number of rotatable bonds is 3. The molecule has 0 saturated heterocycles. The Morgan fingerprint density at radius 1 is 1.29 bits per heavy atom. The second-order valence-corrected chi connectivity index (χ2v) is 6.71. The summed E-state index contributed by atoms with van der Waals surface area (Å²) in [6.07, 6.45) is 1.84. The normalized spacial score (nSPS) is 16.2. The standard InChI is InChI=1S/C19H21N9/c1-10(28(2)3)11-5-4-6-12(7-11)16-14-15(22)13(8-20)17(23)26-18(14)27-19(25-16)24-9-21/h4-7,10,16H,1-3H3,(H6,22,23,24,25,26,27). The van der Waals surface area contributed by atoms with Gasteiger partial charge in [-0.25, -0.2) is 9.98 Å². The van der Waals surface area contributed by atoms with Crippen molar-refractivity contribution in [3.8, 4) is 12.3 Å². The van der Waals surface area contributed by atoms with Crippen molar-refractivity contribution in [1.82, 2.24) is 15.2 Å². The first-order valence-corrected chi connectivity index (χ1v) is 8.62. The molecule has 1 aromatic carbocycles. The number of nitrogens with two attached hydrogens (primary N) is 2. The fraction of sp³-hybridized carbons (Fsp3) is 0.263. The van der Waals surface area contributed by atoms with E-state index in [1.807, 2.05) is 50.6 Å². The van der Waals surface area contributed by atoms with Gasteiger partial charge in [0, 0.05) is 11.6 Å². The summed E-state index contributed by atoms with van der Waals surface area (Å²) in [5.41, 5.74) is 15.0. The number of hydrogen-bond acceptors (Lipinski definition) is 9. The van der Waals surface area contributed by atoms with Gasteiger partial charge in [-0.2, -0.15) is 10.5 Å². The van der Waals surface area contributed by atoms with Gasteiger partial charge < -0.3 is 21.7 Å². The topological polar surface area (TPSA) is 152 Å². The number of nitrogens with zero attached hydrogens (tertiary/aromatic N) is 5. The monoisotopic (exact) mass is 375 g/mol. The summed E-state index contributed by atoms with van der Waals surface area (Å²) in [5, 5.41) is 23.8. The van der Waals surface area contributed by atoms with Crippen molar-refractivity contribution >= 4 is 23.3 Å². The zero-order chi connectivity index (χ0) is 20.4. The average molecular weight is 375 g/mol. The van der Waals surface area contributed by atoms with E-state index in [2.05, 4.69) is 32.4 Å². The molecular weight excluding hydrogens is 354 g/mol. The lowest BCUT2D eigenvalue weighted by Crippen LogP contribution is -2.32. The molecule has 6 N–H and O–H groups in total. The number of fused-ring (bicyclic) bond motifs is 1. The Kier molecular flexibility index (Phi) is 5.03. The fourth-order valence-corrected chi connectivity index (χ4v) is 3.11. The van der Waals surface area contributed by atoms with Gasteiger partial charge in [-0.05, 0) is 32.1 Å². The largest absolute Gasteiger partial charge is 0.397 e. The summed E-state index contributed by atoms with van der Waals surface area (Å²) >= 11 is 0. The minimum Gasteiger partial charge on any atom is -0.397 e. The number of aromatic nitrogens is 1. The first kappa shape index (κ1) is 19.0. The molecule has 1 aliphatic rings. The molecular formula is C19H21N9. The van der Waals surface area contributed by atoms with Crippen molar-refractivity contribution in [2.24, 2.45) is 4.99 Å². The van der Waals surface area contributed by atoms with Gasteiger partial charge in [0.05, 0.1) is 5.69 Å². The number of anilines is 3. The highest BCUT2D eigenvalue weighted by Crippen LogP contribution is 2.40. The number of aliphatic imine (C=N–C) groups is 1. The molecule has 142 valence electrons. The number of nitrogens with one attached hydrogen (secondary N) is 2. The van der Waals surface area contributed by atoms with Crippen molar-refractivity contribution in [2.75, 3.05) is 30.9 Å². The van der Waals surface area contributed by atoms with Crippen LogP contribution in [0.1, 0.15) is 41.3 Å². The Morgan fingerprint density at radius 2 is 2.04 bits per heavy atom. The lowest BCUT2D eigenvalue weighted by Gasteiger charge is -2.27. The van der Waals surface area contributed by atoms with E-state index in [-0.39, 0.29) is 29.1 Å². The molecule has 1 aliphatic heterocycles. The second kappa shape index (κ2) is 7.43. The summed E-state index contributed by atoms with van der Waals surface area (Å²) in [7, 11) is 4.02. The molecule has 9 nitrogen and oxygen atoms in total. The number of benzene rings is 1. The lowest BCUT2D eigenvalue weighted by molar-refractivity contribution is 0.321. The van der Waals surface area contributed by atoms with Gasteiger partial charge in [-0.3, -0.25) is 5.32 Å². The third-order valence-corrected chi connectivity index (χ3v) is 4.84. The summed E-state index contributed by atoms with van der Waals surface area (Å²) < 4.78 is 0. The third-order valence-electron chi connectivity index (χ3n) is 4.84. The van der Waals surface area contributed by atoms with E-state index >= 15 is 0 Å². The number of pyridine rings is 1. The quantitative estimate of drug-likeness (QED) is 0.467. The highest BCUT2D eigenvalue weighted by Gasteiger charge is 2.30. The minimum atomic E-state index is -0.540. The maximum absolute atomic E-state index is 9.40. The molecule has 2 atom stereocenters. The van der Waals surface area contributed by atoms with E-state index < -0.39 is 6.04 Å². The molecule has 0 saturated carbocycles. The van der Waals surface area contributed by atoms with Crippen LogP contribution in [0.5, 0.6) is 0 Å². The van der Waals surface area contributed by atoms with Crippen molar-refractivity contribution in [3.63, 3.8) is 0 Å². The number of nitriles is 2. The van der Waals surface area contributed by atoms with Crippen molar-refractivity contribution < 1.29 is 0 Å². The summed E-state index contributed by atoms with van der Waals surface area (Å²) in [6.45, 7) is 2.10. The van der Waals surface area contributed by atoms with E-state index in [0.717, 1.165) is 11.1 Å². The van der Waals surface area contributed by atoms with E-state index in [1.165, 1.54) is 0 Å². The molecule has 0 aliphatic carbocycles. The van der Waals surface area contributed by atoms with Crippen LogP contribution in [0.15, 0.2) is 29.3 Å². The van der Waals surface area contributed by atoms with Gasteiger partial charge in [-0.15, -0.1) is 0 Å². The van der Waals surface area contributed by atoms with Crippen LogP contribution in [0.4, 0.5) is 17.3 Å². The number of guanidine groups is 1. The maximum atomic E-state index is 9.40. The smallest absolute Gasteiger partial charge is 0.211 e. The maximum Gasteiger partial charge on any atom is 0.211 e. The Labute approximate surface area is 163 Å².